The van der Waals surface area contributed by atoms with Gasteiger partial charge in [-0.1, -0.05) is 102 Å². The quantitative estimate of drug-likeness (QED) is 0.227. The van der Waals surface area contributed by atoms with E-state index in [0.717, 1.165) is 24.8 Å². The first-order chi connectivity index (χ1) is 13.9. The second kappa shape index (κ2) is 14.6. The fraction of sp³-hybridized carbons (Fsp3) is 0.708. The molecule has 1 aromatic carbocycles. The number of benzene rings is 1. The van der Waals surface area contributed by atoms with Gasteiger partial charge >= 0.3 is 5.97 Å². The van der Waals surface area contributed by atoms with Crippen molar-refractivity contribution in [3.63, 3.8) is 0 Å². The van der Waals surface area contributed by atoms with Crippen LogP contribution in [0.4, 0.5) is 0 Å². The highest BCUT2D eigenvalue weighted by molar-refractivity contribution is 7.92. The largest absolute Gasteiger partial charge is 0.468 e. The van der Waals surface area contributed by atoms with Crippen molar-refractivity contribution in [1.29, 1.82) is 0 Å². The molecular weight excluding hydrogens is 384 g/mol. The van der Waals surface area contributed by atoms with Crippen molar-refractivity contribution >= 4 is 15.8 Å². The van der Waals surface area contributed by atoms with Gasteiger partial charge in [0.2, 0.25) is 0 Å². The third-order valence-corrected chi connectivity index (χ3v) is 7.61. The molecule has 1 unspecified atom stereocenters. The van der Waals surface area contributed by atoms with Gasteiger partial charge in [0.05, 0.1) is 12.0 Å². The van der Waals surface area contributed by atoms with Crippen molar-refractivity contribution in [2.75, 3.05) is 7.11 Å². The highest BCUT2D eigenvalue weighted by Crippen LogP contribution is 2.22. The molecule has 29 heavy (non-hydrogen) atoms. The second-order valence-electron chi connectivity index (χ2n) is 8.05. The molecule has 1 atom stereocenters. The molecule has 1 aromatic rings. The number of carbonyl (C=O) groups is 1. The molecule has 0 N–H and O–H groups in total. The number of methoxy groups -OCH3 is 1. The molecule has 0 aromatic heterocycles. The number of aryl methyl sites for hydroxylation is 1. The molecule has 0 spiro atoms. The molecule has 5 heteroatoms. The minimum absolute atomic E-state index is 0.192. The van der Waals surface area contributed by atoms with E-state index < -0.39 is 21.1 Å². The standard InChI is InChI=1S/C24H40O4S/c1-4-5-6-7-8-9-10-11-12-13-14-15-16-23(24(25)28-3)29(26,27)22-19-17-21(2)18-20-22/h17-20,23H,4-16H2,1-3H3. The average Bonchev–Trinajstić information content (AvgIpc) is 2.71. The van der Waals surface area contributed by atoms with E-state index in [1.165, 1.54) is 64.9 Å². The Morgan fingerprint density at radius 3 is 1.72 bits per heavy atom. The van der Waals surface area contributed by atoms with Gasteiger partial charge < -0.3 is 4.74 Å². The van der Waals surface area contributed by atoms with Crippen LogP contribution in [0.5, 0.6) is 0 Å². The lowest BCUT2D eigenvalue weighted by molar-refractivity contribution is -0.140. The first kappa shape index (κ1) is 25.7. The average molecular weight is 425 g/mol. The van der Waals surface area contributed by atoms with Crippen molar-refractivity contribution in [1.82, 2.24) is 0 Å². The summed E-state index contributed by atoms with van der Waals surface area (Å²) >= 11 is 0. The Morgan fingerprint density at radius 2 is 1.28 bits per heavy atom. The zero-order chi connectivity index (χ0) is 21.5. The van der Waals surface area contributed by atoms with E-state index in [-0.39, 0.29) is 4.90 Å². The van der Waals surface area contributed by atoms with Gasteiger partial charge in [-0.3, -0.25) is 4.79 Å². The summed E-state index contributed by atoms with van der Waals surface area (Å²) in [5, 5.41) is -1.11. The lowest BCUT2D eigenvalue weighted by Gasteiger charge is -2.16. The second-order valence-corrected chi connectivity index (χ2v) is 10.2. The Hall–Kier alpha value is -1.36. The summed E-state index contributed by atoms with van der Waals surface area (Å²) in [5.74, 6) is -0.659. The van der Waals surface area contributed by atoms with Crippen molar-refractivity contribution in [2.45, 2.75) is 107 Å². The van der Waals surface area contributed by atoms with Gasteiger partial charge in [-0.05, 0) is 25.5 Å². The van der Waals surface area contributed by atoms with Crippen LogP contribution in [0.2, 0.25) is 0 Å². The zero-order valence-corrected chi connectivity index (χ0v) is 19.4. The third-order valence-electron chi connectivity index (χ3n) is 5.51. The molecule has 0 saturated heterocycles. The van der Waals surface area contributed by atoms with E-state index in [1.807, 2.05) is 6.92 Å². The molecule has 0 aliphatic carbocycles. The van der Waals surface area contributed by atoms with E-state index in [9.17, 15) is 13.2 Å². The number of carbonyl (C=O) groups excluding carboxylic acids is 1. The van der Waals surface area contributed by atoms with Crippen LogP contribution >= 0.6 is 0 Å². The summed E-state index contributed by atoms with van der Waals surface area (Å²) in [6.45, 7) is 4.14. The van der Waals surface area contributed by atoms with E-state index in [4.69, 9.17) is 4.74 Å². The molecule has 0 bridgehead atoms. The maximum absolute atomic E-state index is 12.9. The molecule has 4 nitrogen and oxygen atoms in total. The number of unbranched alkanes of at least 4 members (excludes halogenated alkanes) is 11. The predicted octanol–water partition coefficient (Wildman–Crippen LogP) is 6.40. The van der Waals surface area contributed by atoms with Gasteiger partial charge in [-0.25, -0.2) is 8.42 Å². The number of hydrogen-bond acceptors (Lipinski definition) is 4. The Labute approximate surface area is 178 Å². The van der Waals surface area contributed by atoms with Crippen molar-refractivity contribution < 1.29 is 17.9 Å². The summed E-state index contributed by atoms with van der Waals surface area (Å²) in [4.78, 5) is 12.3. The molecule has 0 aliphatic heterocycles. The van der Waals surface area contributed by atoms with Crippen LogP contribution < -0.4 is 0 Å². The molecule has 0 heterocycles. The summed E-state index contributed by atoms with van der Waals surface area (Å²) in [5.41, 5.74) is 0.986. The van der Waals surface area contributed by atoms with E-state index >= 15 is 0 Å². The highest BCUT2D eigenvalue weighted by atomic mass is 32.2. The maximum Gasteiger partial charge on any atom is 0.324 e. The molecule has 0 radical (unpaired) electrons. The minimum atomic E-state index is -3.72. The third kappa shape index (κ3) is 9.79. The fourth-order valence-corrected chi connectivity index (χ4v) is 5.26. The Kier molecular flexibility index (Phi) is 12.9. The van der Waals surface area contributed by atoms with Crippen LogP contribution in [0.25, 0.3) is 0 Å². The lowest BCUT2D eigenvalue weighted by atomic mass is 10.0. The molecular formula is C24H40O4S. The minimum Gasteiger partial charge on any atom is -0.468 e. The van der Waals surface area contributed by atoms with Crippen molar-refractivity contribution in [3.8, 4) is 0 Å². The molecule has 0 fully saturated rings. The Bertz CT molecular complexity index is 665. The van der Waals surface area contributed by atoms with E-state index in [2.05, 4.69) is 6.92 Å². The van der Waals surface area contributed by atoms with Gasteiger partial charge in [0.1, 0.15) is 0 Å². The SMILES string of the molecule is CCCCCCCCCCCCCCC(C(=O)OC)S(=O)(=O)c1ccc(C)cc1. The summed E-state index contributed by atoms with van der Waals surface area (Å²) < 4.78 is 30.5. The van der Waals surface area contributed by atoms with Crippen molar-refractivity contribution in [3.05, 3.63) is 29.8 Å². The summed E-state index contributed by atoms with van der Waals surface area (Å²) in [6, 6.07) is 6.65. The van der Waals surface area contributed by atoms with Gasteiger partial charge in [-0.2, -0.15) is 0 Å². The zero-order valence-electron chi connectivity index (χ0n) is 18.6. The number of hydrogen-bond donors (Lipinski definition) is 0. The first-order valence-electron chi connectivity index (χ1n) is 11.3. The Balaban J connectivity index is 2.33. The summed E-state index contributed by atoms with van der Waals surface area (Å²) in [6.07, 6.45) is 14.8. The van der Waals surface area contributed by atoms with E-state index in [1.54, 1.807) is 24.3 Å². The number of sulfone groups is 1. The number of esters is 1. The molecule has 0 saturated carbocycles. The van der Waals surface area contributed by atoms with Gasteiger partial charge in [0.15, 0.2) is 15.1 Å². The smallest absolute Gasteiger partial charge is 0.324 e. The van der Waals surface area contributed by atoms with Crippen LogP contribution in [-0.4, -0.2) is 26.7 Å². The molecule has 0 amide bonds. The molecule has 0 aliphatic rings. The lowest BCUT2D eigenvalue weighted by Crippen LogP contribution is -2.31. The van der Waals surface area contributed by atoms with Crippen LogP contribution in [0.1, 0.15) is 96.0 Å². The van der Waals surface area contributed by atoms with Crippen LogP contribution in [0.15, 0.2) is 29.2 Å². The van der Waals surface area contributed by atoms with Gasteiger partial charge in [-0.15, -0.1) is 0 Å². The monoisotopic (exact) mass is 424 g/mol. The number of rotatable bonds is 16. The topological polar surface area (TPSA) is 60.4 Å². The normalized spacial score (nSPS) is 12.7. The highest BCUT2D eigenvalue weighted by Gasteiger charge is 2.34. The number of ether oxygens (including phenoxy) is 1. The first-order valence-corrected chi connectivity index (χ1v) is 12.9. The fourth-order valence-electron chi connectivity index (χ4n) is 3.59. The van der Waals surface area contributed by atoms with E-state index in [0.29, 0.717) is 6.42 Å². The van der Waals surface area contributed by atoms with Crippen LogP contribution in [-0.2, 0) is 19.4 Å². The van der Waals surface area contributed by atoms with Gasteiger partial charge in [0.25, 0.3) is 0 Å². The molecule has 166 valence electrons. The van der Waals surface area contributed by atoms with Crippen molar-refractivity contribution in [2.24, 2.45) is 0 Å². The summed E-state index contributed by atoms with van der Waals surface area (Å²) in [7, 11) is -2.47. The Morgan fingerprint density at radius 1 is 0.828 bits per heavy atom. The maximum atomic E-state index is 12.9. The van der Waals surface area contributed by atoms with Gasteiger partial charge in [0, 0.05) is 0 Å². The van der Waals surface area contributed by atoms with Crippen LogP contribution in [0.3, 0.4) is 0 Å². The predicted molar refractivity (Wildman–Crippen MR) is 120 cm³/mol. The molecule has 1 rings (SSSR count). The van der Waals surface area contributed by atoms with Crippen LogP contribution in [0, 0.1) is 6.92 Å².